The molecule has 1 saturated carbocycles. The van der Waals surface area contributed by atoms with Gasteiger partial charge in [0, 0.05) is 19.5 Å². The number of ether oxygens (including phenoxy) is 1. The lowest BCUT2D eigenvalue weighted by Crippen LogP contribution is -2.43. The van der Waals surface area contributed by atoms with Crippen molar-refractivity contribution in [3.8, 4) is 0 Å². The summed E-state index contributed by atoms with van der Waals surface area (Å²) in [5, 5.41) is 3.57. The van der Waals surface area contributed by atoms with E-state index in [9.17, 15) is 0 Å². The van der Waals surface area contributed by atoms with Crippen LogP contribution >= 0.6 is 0 Å². The molecule has 1 fully saturated rings. The second-order valence-corrected chi connectivity index (χ2v) is 4.75. The Bertz CT molecular complexity index is 333. The molecule has 94 valence electrons. The number of hydrogen-bond acceptors (Lipinski definition) is 3. The van der Waals surface area contributed by atoms with Gasteiger partial charge in [0.1, 0.15) is 0 Å². The van der Waals surface area contributed by atoms with Gasteiger partial charge in [0.2, 0.25) is 0 Å². The fourth-order valence-electron chi connectivity index (χ4n) is 2.94. The smallest absolute Gasteiger partial charge is 0.0873 e. The first kappa shape index (κ1) is 12.5. The van der Waals surface area contributed by atoms with Crippen molar-refractivity contribution in [2.75, 3.05) is 13.7 Å². The number of likely N-dealkylation sites (N-methyl/N-ethyl adjacent to an activating group) is 1. The average Bonchev–Trinajstić information content (AvgIpc) is 2.87. The Labute approximate surface area is 104 Å². The van der Waals surface area contributed by atoms with Gasteiger partial charge in [-0.05, 0) is 31.0 Å². The van der Waals surface area contributed by atoms with Crippen LogP contribution in [0.5, 0.6) is 0 Å². The Balaban J connectivity index is 2.27. The van der Waals surface area contributed by atoms with Gasteiger partial charge in [-0.1, -0.05) is 25.8 Å². The predicted molar refractivity (Wildman–Crippen MR) is 68.9 cm³/mol. The van der Waals surface area contributed by atoms with E-state index in [-0.39, 0.29) is 11.6 Å². The first-order chi connectivity index (χ1) is 8.32. The number of aromatic nitrogens is 1. The van der Waals surface area contributed by atoms with E-state index in [1.165, 1.54) is 18.4 Å². The third-order valence-corrected chi connectivity index (χ3v) is 3.81. The number of nitrogens with zero attached hydrogens (tertiary/aromatic N) is 1. The Kier molecular flexibility index (Phi) is 4.13. The molecule has 1 aliphatic rings. The van der Waals surface area contributed by atoms with Crippen LogP contribution in [0.15, 0.2) is 24.5 Å². The summed E-state index contributed by atoms with van der Waals surface area (Å²) in [5.41, 5.74) is 1.19. The van der Waals surface area contributed by atoms with E-state index in [0.29, 0.717) is 0 Å². The number of hydrogen-bond donors (Lipinski definition) is 1. The fraction of sp³-hybridized carbons (Fsp3) is 0.643. The second-order valence-electron chi connectivity index (χ2n) is 4.75. The minimum absolute atomic E-state index is 0.0426. The molecule has 1 aromatic rings. The average molecular weight is 234 g/mol. The van der Waals surface area contributed by atoms with Crippen LogP contribution in [0.3, 0.4) is 0 Å². The van der Waals surface area contributed by atoms with Crippen molar-refractivity contribution < 1.29 is 4.74 Å². The SMILES string of the molecule is CCNC(c1cccnc1)C1(OC)CCCC1. The first-order valence-electron chi connectivity index (χ1n) is 6.51. The van der Waals surface area contributed by atoms with E-state index in [4.69, 9.17) is 4.74 Å². The fourth-order valence-corrected chi connectivity index (χ4v) is 2.94. The van der Waals surface area contributed by atoms with Crippen LogP contribution in [-0.4, -0.2) is 24.2 Å². The molecule has 1 aliphatic carbocycles. The Morgan fingerprint density at radius 1 is 1.47 bits per heavy atom. The van der Waals surface area contributed by atoms with E-state index in [1.807, 2.05) is 25.6 Å². The standard InChI is InChI=1S/C14H22N2O/c1-3-16-13(12-7-6-10-15-11-12)14(17-2)8-4-5-9-14/h6-7,10-11,13,16H,3-5,8-9H2,1-2H3. The van der Waals surface area contributed by atoms with Gasteiger partial charge in [-0.25, -0.2) is 0 Å². The molecule has 0 bridgehead atoms. The molecule has 3 heteroatoms. The molecule has 2 rings (SSSR count). The molecule has 0 aliphatic heterocycles. The second kappa shape index (κ2) is 5.61. The van der Waals surface area contributed by atoms with Gasteiger partial charge in [-0.15, -0.1) is 0 Å². The number of nitrogens with one attached hydrogen (secondary N) is 1. The minimum atomic E-state index is -0.0426. The van der Waals surface area contributed by atoms with Crippen molar-refractivity contribution >= 4 is 0 Å². The Hall–Kier alpha value is -0.930. The normalized spacial score (nSPS) is 20.4. The Morgan fingerprint density at radius 3 is 2.76 bits per heavy atom. The topological polar surface area (TPSA) is 34.2 Å². The van der Waals surface area contributed by atoms with E-state index in [0.717, 1.165) is 19.4 Å². The summed E-state index contributed by atoms with van der Waals surface area (Å²) in [4.78, 5) is 4.23. The minimum Gasteiger partial charge on any atom is -0.376 e. The van der Waals surface area contributed by atoms with Crippen LogP contribution in [0, 0.1) is 0 Å². The predicted octanol–water partition coefficient (Wildman–Crippen LogP) is 2.69. The van der Waals surface area contributed by atoms with Crippen molar-refractivity contribution in [1.29, 1.82) is 0 Å². The third-order valence-electron chi connectivity index (χ3n) is 3.81. The molecular formula is C14H22N2O. The molecule has 1 heterocycles. The van der Waals surface area contributed by atoms with Gasteiger partial charge in [0.25, 0.3) is 0 Å². The van der Waals surface area contributed by atoms with Crippen LogP contribution < -0.4 is 5.32 Å². The van der Waals surface area contributed by atoms with Crippen LogP contribution in [0.1, 0.15) is 44.2 Å². The quantitative estimate of drug-likeness (QED) is 0.850. The van der Waals surface area contributed by atoms with Gasteiger partial charge < -0.3 is 10.1 Å². The molecule has 0 saturated heterocycles. The molecule has 0 amide bonds. The number of rotatable bonds is 5. The maximum atomic E-state index is 5.88. The lowest BCUT2D eigenvalue weighted by atomic mass is 9.87. The summed E-state index contributed by atoms with van der Waals surface area (Å²) in [6.07, 6.45) is 8.56. The zero-order valence-electron chi connectivity index (χ0n) is 10.8. The zero-order valence-corrected chi connectivity index (χ0v) is 10.8. The van der Waals surface area contributed by atoms with Gasteiger partial charge in [0.15, 0.2) is 0 Å². The highest BCUT2D eigenvalue weighted by atomic mass is 16.5. The first-order valence-corrected chi connectivity index (χ1v) is 6.51. The third kappa shape index (κ3) is 2.50. The van der Waals surface area contributed by atoms with E-state index in [2.05, 4.69) is 23.3 Å². The molecular weight excluding hydrogens is 212 g/mol. The van der Waals surface area contributed by atoms with Gasteiger partial charge in [-0.3, -0.25) is 4.98 Å². The van der Waals surface area contributed by atoms with Gasteiger partial charge in [-0.2, -0.15) is 0 Å². The molecule has 0 radical (unpaired) electrons. The molecule has 1 unspecified atom stereocenters. The van der Waals surface area contributed by atoms with Gasteiger partial charge in [0.05, 0.1) is 11.6 Å². The molecule has 1 aromatic heterocycles. The number of pyridine rings is 1. The van der Waals surface area contributed by atoms with Crippen molar-refractivity contribution in [2.24, 2.45) is 0 Å². The van der Waals surface area contributed by atoms with Crippen molar-refractivity contribution in [3.05, 3.63) is 30.1 Å². The summed E-state index contributed by atoms with van der Waals surface area (Å²) in [7, 11) is 1.84. The highest BCUT2D eigenvalue weighted by Gasteiger charge is 2.42. The summed E-state index contributed by atoms with van der Waals surface area (Å²) >= 11 is 0. The maximum Gasteiger partial charge on any atom is 0.0873 e. The summed E-state index contributed by atoms with van der Waals surface area (Å²) < 4.78 is 5.88. The van der Waals surface area contributed by atoms with E-state index in [1.54, 1.807) is 0 Å². The summed E-state index contributed by atoms with van der Waals surface area (Å²) in [6, 6.07) is 4.39. The monoisotopic (exact) mass is 234 g/mol. The van der Waals surface area contributed by atoms with Crippen molar-refractivity contribution in [1.82, 2.24) is 10.3 Å². The van der Waals surface area contributed by atoms with Crippen LogP contribution in [0.4, 0.5) is 0 Å². The van der Waals surface area contributed by atoms with Crippen LogP contribution in [0.2, 0.25) is 0 Å². The Morgan fingerprint density at radius 2 is 2.24 bits per heavy atom. The molecule has 17 heavy (non-hydrogen) atoms. The van der Waals surface area contributed by atoms with Crippen molar-refractivity contribution in [3.63, 3.8) is 0 Å². The summed E-state index contributed by atoms with van der Waals surface area (Å²) in [6.45, 7) is 3.09. The molecule has 0 aromatic carbocycles. The maximum absolute atomic E-state index is 5.88. The van der Waals surface area contributed by atoms with Crippen molar-refractivity contribution in [2.45, 2.75) is 44.2 Å². The lowest BCUT2D eigenvalue weighted by molar-refractivity contribution is -0.0365. The molecule has 3 nitrogen and oxygen atoms in total. The highest BCUT2D eigenvalue weighted by Crippen LogP contribution is 2.42. The lowest BCUT2D eigenvalue weighted by Gasteiger charge is -2.37. The van der Waals surface area contributed by atoms with Crippen LogP contribution in [-0.2, 0) is 4.74 Å². The summed E-state index contributed by atoms with van der Waals surface area (Å²) in [5.74, 6) is 0. The zero-order chi connectivity index (χ0) is 12.1. The molecule has 1 N–H and O–H groups in total. The number of methoxy groups -OCH3 is 1. The van der Waals surface area contributed by atoms with Crippen LogP contribution in [0.25, 0.3) is 0 Å². The highest BCUT2D eigenvalue weighted by molar-refractivity contribution is 5.19. The van der Waals surface area contributed by atoms with E-state index < -0.39 is 0 Å². The molecule has 1 atom stereocenters. The van der Waals surface area contributed by atoms with Gasteiger partial charge >= 0.3 is 0 Å². The van der Waals surface area contributed by atoms with E-state index >= 15 is 0 Å². The molecule has 0 spiro atoms. The largest absolute Gasteiger partial charge is 0.376 e.